The van der Waals surface area contributed by atoms with Crippen LogP contribution in [0.3, 0.4) is 0 Å². The van der Waals surface area contributed by atoms with Gasteiger partial charge in [0.05, 0.1) is 12.3 Å². The van der Waals surface area contributed by atoms with Gasteiger partial charge in [0.1, 0.15) is 18.1 Å². The SMILES string of the molecule is CCOC(=O)COc1ccc(N(CC(=O)Nc2ccc(-c3csc(N)n3)cc2)C(=O)c2ccc(F)cc2)cc1. The van der Waals surface area contributed by atoms with Crippen molar-refractivity contribution in [2.24, 2.45) is 0 Å². The molecule has 0 aliphatic heterocycles. The van der Waals surface area contributed by atoms with E-state index in [9.17, 15) is 18.8 Å². The molecule has 0 aliphatic rings. The summed E-state index contributed by atoms with van der Waals surface area (Å²) in [5, 5.41) is 5.09. The number of anilines is 3. The first-order valence-corrected chi connectivity index (χ1v) is 12.8. The topological polar surface area (TPSA) is 124 Å². The van der Waals surface area contributed by atoms with Crippen LogP contribution in [-0.4, -0.2) is 42.5 Å². The van der Waals surface area contributed by atoms with Crippen molar-refractivity contribution in [3.63, 3.8) is 0 Å². The number of hydrogen-bond donors (Lipinski definition) is 2. The Morgan fingerprint density at radius 2 is 1.69 bits per heavy atom. The summed E-state index contributed by atoms with van der Waals surface area (Å²) in [6.07, 6.45) is 0. The number of esters is 1. The molecule has 0 bridgehead atoms. The maximum absolute atomic E-state index is 13.4. The van der Waals surface area contributed by atoms with E-state index < -0.39 is 23.6 Å². The predicted octanol–water partition coefficient (Wildman–Crippen LogP) is 4.76. The van der Waals surface area contributed by atoms with E-state index in [1.807, 2.05) is 5.38 Å². The van der Waals surface area contributed by atoms with Gasteiger partial charge in [0.2, 0.25) is 5.91 Å². The van der Waals surface area contributed by atoms with E-state index in [-0.39, 0.29) is 25.3 Å². The second-order valence-corrected chi connectivity index (χ2v) is 9.07. The lowest BCUT2D eigenvalue weighted by Gasteiger charge is -2.23. The number of nitrogen functional groups attached to an aromatic ring is 1. The summed E-state index contributed by atoms with van der Waals surface area (Å²) in [5.74, 6) is -1.55. The molecule has 9 nitrogen and oxygen atoms in total. The zero-order valence-electron chi connectivity index (χ0n) is 20.9. The number of carbonyl (C=O) groups excluding carboxylic acids is 3. The van der Waals surface area contributed by atoms with Gasteiger partial charge in [0.25, 0.3) is 5.91 Å². The van der Waals surface area contributed by atoms with Gasteiger partial charge in [-0.2, -0.15) is 0 Å². The molecule has 3 aromatic carbocycles. The lowest BCUT2D eigenvalue weighted by Crippen LogP contribution is -2.38. The zero-order chi connectivity index (χ0) is 27.8. The van der Waals surface area contributed by atoms with E-state index >= 15 is 0 Å². The smallest absolute Gasteiger partial charge is 0.344 e. The number of nitrogens with two attached hydrogens (primary N) is 1. The minimum absolute atomic E-state index is 0.207. The van der Waals surface area contributed by atoms with E-state index in [1.165, 1.54) is 40.5 Å². The summed E-state index contributed by atoms with van der Waals surface area (Å²) in [4.78, 5) is 43.4. The van der Waals surface area contributed by atoms with Gasteiger partial charge in [-0.05, 0) is 67.6 Å². The molecule has 0 unspecified atom stereocenters. The van der Waals surface area contributed by atoms with E-state index in [1.54, 1.807) is 55.5 Å². The molecule has 0 radical (unpaired) electrons. The average Bonchev–Trinajstić information content (AvgIpc) is 3.38. The van der Waals surface area contributed by atoms with Gasteiger partial charge in [-0.15, -0.1) is 11.3 Å². The Balaban J connectivity index is 1.49. The first-order chi connectivity index (χ1) is 18.8. The number of benzene rings is 3. The monoisotopic (exact) mass is 548 g/mol. The summed E-state index contributed by atoms with van der Waals surface area (Å²) in [7, 11) is 0. The fraction of sp³-hybridized carbons (Fsp3) is 0.143. The molecule has 200 valence electrons. The molecular formula is C28H25FN4O5S. The number of hydrogen-bond acceptors (Lipinski definition) is 8. The van der Waals surface area contributed by atoms with Gasteiger partial charge in [0, 0.05) is 27.9 Å². The number of nitrogens with one attached hydrogen (secondary N) is 1. The molecule has 0 atom stereocenters. The highest BCUT2D eigenvalue weighted by molar-refractivity contribution is 7.13. The Morgan fingerprint density at radius 3 is 2.31 bits per heavy atom. The molecule has 39 heavy (non-hydrogen) atoms. The van der Waals surface area contributed by atoms with Crippen molar-refractivity contribution in [3.05, 3.63) is 89.6 Å². The number of amides is 2. The number of rotatable bonds is 10. The van der Waals surface area contributed by atoms with Crippen molar-refractivity contribution in [2.75, 3.05) is 35.7 Å². The van der Waals surface area contributed by atoms with E-state index in [0.717, 1.165) is 11.3 Å². The van der Waals surface area contributed by atoms with Crippen LogP contribution in [-0.2, 0) is 14.3 Å². The molecule has 0 saturated carbocycles. The van der Waals surface area contributed by atoms with Crippen LogP contribution in [0.5, 0.6) is 5.75 Å². The molecule has 0 fully saturated rings. The van der Waals surface area contributed by atoms with Crippen LogP contribution in [0, 0.1) is 5.82 Å². The Bertz CT molecular complexity index is 1440. The van der Waals surface area contributed by atoms with Gasteiger partial charge in [-0.1, -0.05) is 12.1 Å². The second-order valence-electron chi connectivity index (χ2n) is 8.18. The van der Waals surface area contributed by atoms with Crippen molar-refractivity contribution in [2.45, 2.75) is 6.92 Å². The maximum atomic E-state index is 13.4. The number of halogens is 1. The Labute approximate surface area is 228 Å². The maximum Gasteiger partial charge on any atom is 0.344 e. The number of nitrogens with zero attached hydrogens (tertiary/aromatic N) is 2. The van der Waals surface area contributed by atoms with Crippen molar-refractivity contribution >= 4 is 45.6 Å². The normalized spacial score (nSPS) is 10.5. The van der Waals surface area contributed by atoms with Gasteiger partial charge in [-0.25, -0.2) is 14.2 Å². The first-order valence-electron chi connectivity index (χ1n) is 11.9. The van der Waals surface area contributed by atoms with Gasteiger partial charge in [-0.3, -0.25) is 14.5 Å². The molecule has 0 saturated heterocycles. The number of aromatic nitrogens is 1. The summed E-state index contributed by atoms with van der Waals surface area (Å²) < 4.78 is 23.7. The number of carbonyl (C=O) groups is 3. The fourth-order valence-electron chi connectivity index (χ4n) is 3.58. The molecular weight excluding hydrogens is 523 g/mol. The Kier molecular flexibility index (Phi) is 8.85. The fourth-order valence-corrected chi connectivity index (χ4v) is 4.16. The van der Waals surface area contributed by atoms with Crippen molar-refractivity contribution in [3.8, 4) is 17.0 Å². The minimum Gasteiger partial charge on any atom is -0.482 e. The van der Waals surface area contributed by atoms with Crippen LogP contribution in [0.25, 0.3) is 11.3 Å². The van der Waals surface area contributed by atoms with Gasteiger partial charge >= 0.3 is 5.97 Å². The van der Waals surface area contributed by atoms with Crippen LogP contribution in [0.4, 0.5) is 20.9 Å². The highest BCUT2D eigenvalue weighted by Gasteiger charge is 2.21. The summed E-state index contributed by atoms with van der Waals surface area (Å²) in [5.41, 5.74) is 8.42. The standard InChI is InChI=1S/C28H25FN4O5S/c1-2-37-26(35)16-38-23-13-11-22(12-14-23)33(27(36)19-3-7-20(29)8-4-19)15-25(34)31-21-9-5-18(6-10-21)24-17-39-28(30)32-24/h3-14,17H,2,15-16H2,1H3,(H2,30,32)(H,31,34). The molecule has 1 aromatic heterocycles. The average molecular weight is 549 g/mol. The van der Waals surface area contributed by atoms with Crippen LogP contribution in [0.15, 0.2) is 78.2 Å². The molecule has 4 rings (SSSR count). The predicted molar refractivity (Wildman–Crippen MR) is 147 cm³/mol. The first kappa shape index (κ1) is 27.3. The lowest BCUT2D eigenvalue weighted by molar-refractivity contribution is -0.145. The molecule has 3 N–H and O–H groups in total. The molecule has 0 spiro atoms. The number of thiazole rings is 1. The van der Waals surface area contributed by atoms with Gasteiger partial charge < -0.3 is 20.5 Å². The van der Waals surface area contributed by atoms with Crippen LogP contribution in [0.1, 0.15) is 17.3 Å². The largest absolute Gasteiger partial charge is 0.482 e. The molecule has 4 aromatic rings. The van der Waals surface area contributed by atoms with Crippen LogP contribution < -0.4 is 20.7 Å². The molecule has 11 heteroatoms. The zero-order valence-corrected chi connectivity index (χ0v) is 21.7. The second kappa shape index (κ2) is 12.7. The lowest BCUT2D eigenvalue weighted by atomic mass is 10.1. The third-order valence-electron chi connectivity index (χ3n) is 5.43. The van der Waals surface area contributed by atoms with E-state index in [0.29, 0.717) is 22.3 Å². The third kappa shape index (κ3) is 7.39. The van der Waals surface area contributed by atoms with Gasteiger partial charge in [0.15, 0.2) is 11.7 Å². The summed E-state index contributed by atoms with van der Waals surface area (Å²) in [6.45, 7) is 1.37. The quantitative estimate of drug-likeness (QED) is 0.274. The Hall–Kier alpha value is -4.77. The Morgan fingerprint density at radius 1 is 1.00 bits per heavy atom. The van der Waals surface area contributed by atoms with E-state index in [4.69, 9.17) is 15.2 Å². The highest BCUT2D eigenvalue weighted by Crippen LogP contribution is 2.25. The third-order valence-corrected chi connectivity index (χ3v) is 6.11. The molecule has 0 aliphatic carbocycles. The molecule has 2 amide bonds. The molecule has 1 heterocycles. The van der Waals surface area contributed by atoms with Crippen LogP contribution >= 0.6 is 11.3 Å². The van der Waals surface area contributed by atoms with E-state index in [2.05, 4.69) is 10.3 Å². The van der Waals surface area contributed by atoms with Crippen molar-refractivity contribution in [1.82, 2.24) is 4.98 Å². The summed E-state index contributed by atoms with van der Waals surface area (Å²) in [6, 6.07) is 18.4. The van der Waals surface area contributed by atoms with Crippen molar-refractivity contribution in [1.29, 1.82) is 0 Å². The summed E-state index contributed by atoms with van der Waals surface area (Å²) >= 11 is 1.34. The highest BCUT2D eigenvalue weighted by atomic mass is 32.1. The number of ether oxygens (including phenoxy) is 2. The van der Waals surface area contributed by atoms with Crippen molar-refractivity contribution < 1.29 is 28.2 Å². The van der Waals surface area contributed by atoms with Crippen LogP contribution in [0.2, 0.25) is 0 Å². The minimum atomic E-state index is -0.505.